The van der Waals surface area contributed by atoms with Crippen LogP contribution in [0.4, 0.5) is 11.4 Å². The molecule has 0 spiro atoms. The molecule has 6 heteroatoms. The Hall–Kier alpha value is -3.93. The highest BCUT2D eigenvalue weighted by molar-refractivity contribution is 6.10. The number of hydrogen-bond donors (Lipinski definition) is 2. The first-order valence-electron chi connectivity index (χ1n) is 9.66. The third kappa shape index (κ3) is 3.33. The molecule has 2 amide bonds. The quantitative estimate of drug-likeness (QED) is 0.599. The molecule has 0 bridgehead atoms. The van der Waals surface area contributed by atoms with Gasteiger partial charge in [-0.2, -0.15) is 0 Å². The van der Waals surface area contributed by atoms with Crippen LogP contribution in [0.5, 0.6) is 0 Å². The SMILES string of the molecule is C=C/C=C(\C=C)C1=C[C@@H](NC(=O)c2cccnc2)C(=O)N2CCc3cc(N)cc1c32. The van der Waals surface area contributed by atoms with Crippen LogP contribution in [-0.2, 0) is 11.2 Å². The second kappa shape index (κ2) is 7.83. The Morgan fingerprint density at radius 1 is 1.33 bits per heavy atom. The number of rotatable bonds is 5. The molecule has 6 nitrogen and oxygen atoms in total. The molecule has 2 aliphatic heterocycles. The summed E-state index contributed by atoms with van der Waals surface area (Å²) in [6, 6.07) is 6.26. The molecule has 0 saturated heterocycles. The molecule has 3 N–H and O–H groups in total. The number of nitrogens with two attached hydrogens (primary N) is 1. The Morgan fingerprint density at radius 2 is 2.17 bits per heavy atom. The van der Waals surface area contributed by atoms with Crippen LogP contribution in [0.2, 0.25) is 0 Å². The van der Waals surface area contributed by atoms with Crippen molar-refractivity contribution < 1.29 is 9.59 Å². The van der Waals surface area contributed by atoms with E-state index in [2.05, 4.69) is 23.5 Å². The molecule has 4 rings (SSSR count). The fourth-order valence-corrected chi connectivity index (χ4v) is 3.97. The van der Waals surface area contributed by atoms with E-state index in [1.54, 1.807) is 41.5 Å². The summed E-state index contributed by atoms with van der Waals surface area (Å²) in [7, 11) is 0. The molecule has 0 saturated carbocycles. The van der Waals surface area contributed by atoms with Gasteiger partial charge in [-0.15, -0.1) is 0 Å². The molecule has 30 heavy (non-hydrogen) atoms. The smallest absolute Gasteiger partial charge is 0.253 e. The molecule has 1 aromatic carbocycles. The van der Waals surface area contributed by atoms with Crippen LogP contribution >= 0.6 is 0 Å². The monoisotopic (exact) mass is 398 g/mol. The van der Waals surface area contributed by atoms with Crippen molar-refractivity contribution in [2.45, 2.75) is 12.5 Å². The van der Waals surface area contributed by atoms with Crippen molar-refractivity contribution in [2.24, 2.45) is 0 Å². The Bertz CT molecular complexity index is 1120. The fraction of sp³-hybridized carbons (Fsp3) is 0.125. The number of benzene rings is 1. The molecular weight excluding hydrogens is 376 g/mol. The highest BCUT2D eigenvalue weighted by atomic mass is 16.2. The standard InChI is InChI=1S/C24H22N4O2/c1-3-6-15(4-2)19-13-21(27-23(29)17-7-5-9-26-14-17)24(30)28-10-8-16-11-18(25)12-20(19)22(16)28/h3-7,9,11-14,21H,1-2,8,10,25H2,(H,27,29)/b15-6+/t21-/m1/s1. The van der Waals surface area contributed by atoms with E-state index in [-0.39, 0.29) is 11.8 Å². The molecule has 0 aliphatic carbocycles. The van der Waals surface area contributed by atoms with Crippen molar-refractivity contribution in [1.82, 2.24) is 10.3 Å². The van der Waals surface area contributed by atoms with Crippen LogP contribution in [0, 0.1) is 0 Å². The van der Waals surface area contributed by atoms with E-state index >= 15 is 0 Å². The normalized spacial score (nSPS) is 17.7. The van der Waals surface area contributed by atoms with Crippen LogP contribution < -0.4 is 16.0 Å². The topological polar surface area (TPSA) is 88.3 Å². The summed E-state index contributed by atoms with van der Waals surface area (Å²) >= 11 is 0. The van der Waals surface area contributed by atoms with E-state index < -0.39 is 6.04 Å². The van der Waals surface area contributed by atoms with Crippen molar-refractivity contribution in [3.63, 3.8) is 0 Å². The lowest BCUT2D eigenvalue weighted by Crippen LogP contribution is -2.46. The van der Waals surface area contributed by atoms with Gasteiger partial charge in [-0.3, -0.25) is 14.6 Å². The zero-order chi connectivity index (χ0) is 21.3. The van der Waals surface area contributed by atoms with Crippen molar-refractivity contribution in [1.29, 1.82) is 0 Å². The summed E-state index contributed by atoms with van der Waals surface area (Å²) in [5.74, 6) is -0.552. The summed E-state index contributed by atoms with van der Waals surface area (Å²) < 4.78 is 0. The Morgan fingerprint density at radius 3 is 2.87 bits per heavy atom. The predicted molar refractivity (Wildman–Crippen MR) is 119 cm³/mol. The number of nitrogens with one attached hydrogen (secondary N) is 1. The second-order valence-electron chi connectivity index (χ2n) is 7.15. The lowest BCUT2D eigenvalue weighted by Gasteiger charge is -2.22. The molecule has 150 valence electrons. The fourth-order valence-electron chi connectivity index (χ4n) is 3.97. The predicted octanol–water partition coefficient (Wildman–Crippen LogP) is 3.05. The molecule has 3 heterocycles. The number of amides is 2. The van der Waals surface area contributed by atoms with Gasteiger partial charge in [0.1, 0.15) is 6.04 Å². The summed E-state index contributed by atoms with van der Waals surface area (Å²) in [6.07, 6.45) is 10.7. The maximum Gasteiger partial charge on any atom is 0.253 e. The van der Waals surface area contributed by atoms with Gasteiger partial charge in [0.05, 0.1) is 11.3 Å². The summed E-state index contributed by atoms with van der Waals surface area (Å²) in [5, 5.41) is 2.85. The van der Waals surface area contributed by atoms with Crippen molar-refractivity contribution in [3.05, 3.63) is 96.4 Å². The minimum absolute atomic E-state index is 0.186. The van der Waals surface area contributed by atoms with Gasteiger partial charge < -0.3 is 16.0 Å². The van der Waals surface area contributed by atoms with Gasteiger partial charge in [0.2, 0.25) is 0 Å². The first kappa shape index (κ1) is 19.4. The third-order valence-electron chi connectivity index (χ3n) is 5.28. The number of pyridine rings is 1. The number of allylic oxidation sites excluding steroid dienone is 5. The van der Waals surface area contributed by atoms with Crippen LogP contribution in [0.3, 0.4) is 0 Å². The van der Waals surface area contributed by atoms with Crippen LogP contribution in [-0.4, -0.2) is 29.4 Å². The molecule has 2 aromatic rings. The molecule has 2 aliphatic rings. The van der Waals surface area contributed by atoms with Gasteiger partial charge in [0.15, 0.2) is 0 Å². The zero-order valence-electron chi connectivity index (χ0n) is 16.5. The first-order chi connectivity index (χ1) is 14.5. The van der Waals surface area contributed by atoms with Gasteiger partial charge in [0, 0.05) is 30.2 Å². The number of carbonyl (C=O) groups is 2. The summed E-state index contributed by atoms with van der Waals surface area (Å²) in [6.45, 7) is 8.23. The van der Waals surface area contributed by atoms with E-state index in [0.717, 1.165) is 28.0 Å². The van der Waals surface area contributed by atoms with E-state index in [1.165, 1.54) is 6.20 Å². The lowest BCUT2D eigenvalue weighted by molar-refractivity contribution is -0.119. The Kier molecular flexibility index (Phi) is 5.06. The van der Waals surface area contributed by atoms with Crippen LogP contribution in [0.1, 0.15) is 21.5 Å². The number of nitrogen functional groups attached to an aromatic ring is 1. The zero-order valence-corrected chi connectivity index (χ0v) is 16.5. The van der Waals surface area contributed by atoms with Gasteiger partial charge in [-0.1, -0.05) is 31.4 Å². The lowest BCUT2D eigenvalue weighted by atomic mass is 9.92. The molecule has 1 aromatic heterocycles. The number of carbonyl (C=O) groups excluding carboxylic acids is 2. The van der Waals surface area contributed by atoms with E-state index in [4.69, 9.17) is 5.73 Å². The largest absolute Gasteiger partial charge is 0.399 e. The van der Waals surface area contributed by atoms with E-state index in [9.17, 15) is 9.59 Å². The van der Waals surface area contributed by atoms with E-state index in [0.29, 0.717) is 24.2 Å². The van der Waals surface area contributed by atoms with Gasteiger partial charge in [0.25, 0.3) is 11.8 Å². The van der Waals surface area contributed by atoms with E-state index in [1.807, 2.05) is 18.2 Å². The van der Waals surface area contributed by atoms with Crippen LogP contribution in [0.15, 0.2) is 79.7 Å². The highest BCUT2D eigenvalue weighted by Crippen LogP contribution is 2.42. The maximum atomic E-state index is 13.4. The second-order valence-corrected chi connectivity index (χ2v) is 7.15. The third-order valence-corrected chi connectivity index (χ3v) is 5.28. The first-order valence-corrected chi connectivity index (χ1v) is 9.66. The minimum atomic E-state index is -0.847. The van der Waals surface area contributed by atoms with Crippen molar-refractivity contribution in [3.8, 4) is 0 Å². The Labute approximate surface area is 175 Å². The molecule has 1 atom stereocenters. The highest BCUT2D eigenvalue weighted by Gasteiger charge is 2.36. The van der Waals surface area contributed by atoms with Gasteiger partial charge >= 0.3 is 0 Å². The average Bonchev–Trinajstić information content (AvgIpc) is 3.14. The summed E-state index contributed by atoms with van der Waals surface area (Å²) in [4.78, 5) is 31.9. The number of nitrogens with zero attached hydrogens (tertiary/aromatic N) is 2. The molecule has 0 unspecified atom stereocenters. The van der Waals surface area contributed by atoms with Gasteiger partial charge in [-0.05, 0) is 53.5 Å². The van der Waals surface area contributed by atoms with Crippen molar-refractivity contribution >= 4 is 28.8 Å². The number of hydrogen-bond acceptors (Lipinski definition) is 4. The van der Waals surface area contributed by atoms with Gasteiger partial charge in [-0.25, -0.2) is 0 Å². The molecule has 0 radical (unpaired) electrons. The minimum Gasteiger partial charge on any atom is -0.399 e. The average molecular weight is 398 g/mol. The van der Waals surface area contributed by atoms with Crippen molar-refractivity contribution in [2.75, 3.05) is 17.2 Å². The number of anilines is 2. The number of aromatic nitrogens is 1. The molecule has 0 fully saturated rings. The maximum absolute atomic E-state index is 13.4. The molecular formula is C24H22N4O2. The Balaban J connectivity index is 1.85. The van der Waals surface area contributed by atoms with Crippen LogP contribution in [0.25, 0.3) is 5.57 Å². The summed E-state index contributed by atoms with van der Waals surface area (Å²) in [5.41, 5.74) is 11.5.